The molecule has 1 atom stereocenters. The smallest absolute Gasteiger partial charge is 0.319 e. The summed E-state index contributed by atoms with van der Waals surface area (Å²) in [6.07, 6.45) is 8.58. The Morgan fingerprint density at radius 3 is 2.17 bits per heavy atom. The van der Waals surface area contributed by atoms with Crippen LogP contribution in [-0.2, 0) is 9.53 Å². The Balaban J connectivity index is 1.65. The highest BCUT2D eigenvalue weighted by molar-refractivity contribution is 5.71. The van der Waals surface area contributed by atoms with Crippen LogP contribution >= 0.6 is 0 Å². The van der Waals surface area contributed by atoms with Gasteiger partial charge in [0.2, 0.25) is 0 Å². The van der Waals surface area contributed by atoms with Gasteiger partial charge in [0.15, 0.2) is 0 Å². The quantitative estimate of drug-likeness (QED) is 0.779. The maximum Gasteiger partial charge on any atom is 0.319 e. The molecule has 0 heterocycles. The fraction of sp³-hybridized carbons (Fsp3) is 0.933. The van der Waals surface area contributed by atoms with Crippen molar-refractivity contribution < 1.29 is 9.53 Å². The van der Waals surface area contributed by atoms with Crippen molar-refractivity contribution >= 4 is 5.97 Å². The van der Waals surface area contributed by atoms with Gasteiger partial charge >= 0.3 is 5.97 Å². The van der Waals surface area contributed by atoms with E-state index >= 15 is 0 Å². The number of rotatable bonds is 4. The first-order chi connectivity index (χ1) is 8.61. The van der Waals surface area contributed by atoms with Crippen LogP contribution in [0, 0.1) is 23.2 Å². The third-order valence-corrected chi connectivity index (χ3v) is 5.78. The van der Waals surface area contributed by atoms with Gasteiger partial charge in [-0.2, -0.15) is 0 Å². The first-order valence-electron chi connectivity index (χ1n) is 7.41. The zero-order chi connectivity index (χ0) is 12.8. The minimum atomic E-state index is -0.147. The van der Waals surface area contributed by atoms with Crippen molar-refractivity contribution in [2.75, 3.05) is 13.7 Å². The summed E-state index contributed by atoms with van der Waals surface area (Å²) in [7, 11) is 1.46. The molecule has 0 aliphatic heterocycles. The maximum atomic E-state index is 11.3. The van der Waals surface area contributed by atoms with Crippen LogP contribution in [0.5, 0.6) is 0 Å². The molecule has 102 valence electrons. The topological polar surface area (TPSA) is 38.3 Å². The second kappa shape index (κ2) is 4.52. The van der Waals surface area contributed by atoms with E-state index in [1.54, 1.807) is 0 Å². The molecule has 4 saturated carbocycles. The fourth-order valence-electron chi connectivity index (χ4n) is 5.23. The number of carbonyl (C=O) groups is 1. The van der Waals surface area contributed by atoms with E-state index in [1.807, 2.05) is 0 Å². The SMILES string of the molecule is COC(=O)CNC(C)C12CC3CC(CC(C3)C1)C2. The molecule has 1 N–H and O–H groups in total. The molecule has 4 aliphatic rings. The van der Waals surface area contributed by atoms with Gasteiger partial charge in [0.1, 0.15) is 0 Å². The van der Waals surface area contributed by atoms with E-state index in [9.17, 15) is 4.79 Å². The summed E-state index contributed by atoms with van der Waals surface area (Å²) >= 11 is 0. The third kappa shape index (κ3) is 2.07. The largest absolute Gasteiger partial charge is 0.468 e. The lowest BCUT2D eigenvalue weighted by Gasteiger charge is -2.59. The van der Waals surface area contributed by atoms with E-state index in [1.165, 1.54) is 45.6 Å². The van der Waals surface area contributed by atoms with Crippen LogP contribution in [0.3, 0.4) is 0 Å². The summed E-state index contributed by atoms with van der Waals surface area (Å²) in [6.45, 7) is 2.63. The normalized spacial score (nSPS) is 42.9. The molecule has 0 spiro atoms. The van der Waals surface area contributed by atoms with Crippen molar-refractivity contribution in [2.24, 2.45) is 23.2 Å². The van der Waals surface area contributed by atoms with E-state index in [4.69, 9.17) is 4.74 Å². The lowest BCUT2D eigenvalue weighted by molar-refractivity contribution is -0.140. The molecule has 18 heavy (non-hydrogen) atoms. The molecule has 4 aliphatic carbocycles. The molecule has 4 fully saturated rings. The predicted octanol–water partition coefficient (Wildman–Crippen LogP) is 2.35. The van der Waals surface area contributed by atoms with Gasteiger partial charge in [0, 0.05) is 6.04 Å². The van der Waals surface area contributed by atoms with Gasteiger partial charge in [0.05, 0.1) is 13.7 Å². The average molecular weight is 251 g/mol. The molecule has 1 unspecified atom stereocenters. The Kier molecular flexibility index (Phi) is 3.13. The van der Waals surface area contributed by atoms with Gasteiger partial charge in [-0.05, 0) is 68.6 Å². The zero-order valence-corrected chi connectivity index (χ0v) is 11.6. The maximum absolute atomic E-state index is 11.3. The molecule has 0 aromatic heterocycles. The van der Waals surface area contributed by atoms with Crippen LogP contribution in [0.25, 0.3) is 0 Å². The van der Waals surface area contributed by atoms with Crippen molar-refractivity contribution in [3.8, 4) is 0 Å². The van der Waals surface area contributed by atoms with Gasteiger partial charge in [-0.25, -0.2) is 0 Å². The van der Waals surface area contributed by atoms with Gasteiger partial charge in [-0.3, -0.25) is 4.79 Å². The Morgan fingerprint density at radius 2 is 1.72 bits per heavy atom. The molecule has 0 radical (unpaired) electrons. The van der Waals surface area contributed by atoms with Crippen molar-refractivity contribution in [2.45, 2.75) is 51.5 Å². The van der Waals surface area contributed by atoms with E-state index in [0.29, 0.717) is 18.0 Å². The first-order valence-corrected chi connectivity index (χ1v) is 7.41. The van der Waals surface area contributed by atoms with Crippen molar-refractivity contribution in [1.29, 1.82) is 0 Å². The second-order valence-corrected chi connectivity index (χ2v) is 6.96. The van der Waals surface area contributed by atoms with Crippen molar-refractivity contribution in [3.05, 3.63) is 0 Å². The zero-order valence-electron chi connectivity index (χ0n) is 11.6. The number of hydrogen-bond acceptors (Lipinski definition) is 3. The third-order valence-electron chi connectivity index (χ3n) is 5.78. The molecule has 0 aromatic rings. The summed E-state index contributed by atoms with van der Waals surface area (Å²) in [5.41, 5.74) is 0.475. The highest BCUT2D eigenvalue weighted by Crippen LogP contribution is 2.61. The van der Waals surface area contributed by atoms with E-state index in [0.717, 1.165) is 17.8 Å². The lowest BCUT2D eigenvalue weighted by Crippen LogP contribution is -2.55. The van der Waals surface area contributed by atoms with Crippen LogP contribution in [-0.4, -0.2) is 25.7 Å². The number of nitrogens with one attached hydrogen (secondary N) is 1. The van der Waals surface area contributed by atoms with Gasteiger partial charge in [-0.15, -0.1) is 0 Å². The number of esters is 1. The van der Waals surface area contributed by atoms with Crippen LogP contribution in [0.15, 0.2) is 0 Å². The minimum absolute atomic E-state index is 0.147. The Morgan fingerprint density at radius 1 is 1.22 bits per heavy atom. The summed E-state index contributed by atoms with van der Waals surface area (Å²) < 4.78 is 4.72. The Hall–Kier alpha value is -0.570. The molecule has 3 heteroatoms. The molecule has 0 amide bonds. The summed E-state index contributed by atoms with van der Waals surface area (Å²) in [4.78, 5) is 11.3. The Bertz CT molecular complexity index is 304. The summed E-state index contributed by atoms with van der Waals surface area (Å²) in [6, 6.07) is 0.449. The molecule has 3 nitrogen and oxygen atoms in total. The van der Waals surface area contributed by atoms with E-state index in [-0.39, 0.29) is 5.97 Å². The van der Waals surface area contributed by atoms with Gasteiger partial charge in [-0.1, -0.05) is 0 Å². The molecule has 0 saturated heterocycles. The van der Waals surface area contributed by atoms with Crippen LogP contribution in [0.4, 0.5) is 0 Å². The summed E-state index contributed by atoms with van der Waals surface area (Å²) in [5, 5.41) is 3.42. The van der Waals surface area contributed by atoms with Crippen molar-refractivity contribution in [1.82, 2.24) is 5.32 Å². The number of carbonyl (C=O) groups excluding carboxylic acids is 1. The fourth-order valence-corrected chi connectivity index (χ4v) is 5.23. The average Bonchev–Trinajstić information content (AvgIpc) is 2.33. The van der Waals surface area contributed by atoms with E-state index in [2.05, 4.69) is 12.2 Å². The van der Waals surface area contributed by atoms with E-state index < -0.39 is 0 Å². The van der Waals surface area contributed by atoms with Gasteiger partial charge in [0.25, 0.3) is 0 Å². The summed E-state index contributed by atoms with van der Waals surface area (Å²) in [5.74, 6) is 2.77. The first kappa shape index (κ1) is 12.5. The molecular weight excluding hydrogens is 226 g/mol. The second-order valence-electron chi connectivity index (χ2n) is 6.96. The monoisotopic (exact) mass is 251 g/mol. The number of ether oxygens (including phenoxy) is 1. The lowest BCUT2D eigenvalue weighted by atomic mass is 9.48. The standard InChI is InChI=1S/C15H25NO2/c1-10(16-9-14(17)18-2)15-6-11-3-12(7-15)5-13(4-11)8-15/h10-13,16H,3-9H2,1-2H3. The highest BCUT2D eigenvalue weighted by Gasteiger charge is 2.52. The Labute approximate surface area is 110 Å². The molecular formula is C15H25NO2. The molecule has 4 bridgehead atoms. The van der Waals surface area contributed by atoms with Crippen LogP contribution < -0.4 is 5.32 Å². The van der Waals surface area contributed by atoms with Crippen LogP contribution in [0.1, 0.15) is 45.4 Å². The van der Waals surface area contributed by atoms with Gasteiger partial charge < -0.3 is 10.1 Å². The number of hydrogen-bond donors (Lipinski definition) is 1. The van der Waals surface area contributed by atoms with Crippen molar-refractivity contribution in [3.63, 3.8) is 0 Å². The number of methoxy groups -OCH3 is 1. The molecule has 4 rings (SSSR count). The van der Waals surface area contributed by atoms with Crippen LogP contribution in [0.2, 0.25) is 0 Å². The molecule has 0 aromatic carbocycles. The predicted molar refractivity (Wildman–Crippen MR) is 70.1 cm³/mol. The highest BCUT2D eigenvalue weighted by atomic mass is 16.5. The minimum Gasteiger partial charge on any atom is -0.468 e.